The number of ether oxygens (including phenoxy) is 2. The summed E-state index contributed by atoms with van der Waals surface area (Å²) in [6, 6.07) is 9.21. The molecule has 8 heterocycles. The number of aliphatic carboxylic acids is 1. The Morgan fingerprint density at radius 1 is 0.473 bits per heavy atom. The standard InChI is InChI=1S/C19H20ClF3N6O2.C15H22ClN5O3.C10H14ClN5O.C10H20N2O2.C9H8F3NO2.C5H4ClN3O2/c20-15-16(26-10-27-17(15)24)18(31)28-12-4-6-29(7-5-12)14(30)9-25-13-3-1-2-11(8-13)19(21,22)23;1-15(2,3)24-14(23)21-6-4-9(5-7-21)20-13(22)11-10(16)12(17)19-8-18-11;11-7-8(14-5-15-9(7)12)10(17)16-6-1-3-13-4-2-6;1-10(2,3)14-9(13)12-6-4-8(11)5-7-12;10-9(11,12)6-2-1-3-7(4-6)13-5-8(14)15;6-2-3(5(10)11)8-1-9-4(2)7/h1-3,8,10,12,25H,4-7,9H2,(H,28,31)(H2,24,26,27);8-9H,4-7H2,1-3H3,(H,20,22)(H2,17,18,19);5-6,13H,1-4H2,(H,16,17)(H2,12,14,15);8H,4-7,11H2,1-3H3;1-4,13H,5H2,(H,14,15);1H,(H,10,11)(H2,7,8,9). The number of nitrogens with two attached hydrogens (primary N) is 5. The minimum absolute atomic E-state index is 0.00973. The molecule has 0 atom stereocenters. The van der Waals surface area contributed by atoms with E-state index in [2.05, 4.69) is 71.8 Å². The lowest BCUT2D eigenvalue weighted by Gasteiger charge is -2.33. The normalized spacial score (nSPS) is 15.0. The summed E-state index contributed by atoms with van der Waals surface area (Å²) in [5.74, 6) is -3.59. The fourth-order valence-electron chi connectivity index (χ4n) is 10.2. The number of nitrogen functional groups attached to an aromatic ring is 4. The fourth-order valence-corrected chi connectivity index (χ4v) is 10.9. The van der Waals surface area contributed by atoms with Gasteiger partial charge in [0.25, 0.3) is 17.7 Å². The second kappa shape index (κ2) is 42.8. The number of alkyl halides is 6. The Balaban J connectivity index is 0.000000249. The number of carboxylic acids is 2. The second-order valence-electron chi connectivity index (χ2n) is 26.9. The summed E-state index contributed by atoms with van der Waals surface area (Å²) in [5, 5.41) is 33.7. The van der Waals surface area contributed by atoms with Crippen molar-refractivity contribution in [1.82, 2.24) is 75.8 Å². The van der Waals surface area contributed by atoms with Gasteiger partial charge in [-0.25, -0.2) is 54.3 Å². The second-order valence-corrected chi connectivity index (χ2v) is 28.4. The highest BCUT2D eigenvalue weighted by molar-refractivity contribution is 6.37. The predicted molar refractivity (Wildman–Crippen MR) is 404 cm³/mol. The van der Waals surface area contributed by atoms with Crippen molar-refractivity contribution in [2.45, 2.75) is 141 Å². The molecule has 4 aliphatic rings. The highest BCUT2D eigenvalue weighted by atomic mass is 35.5. The monoisotopic (exact) mass is 1660 g/mol. The highest BCUT2D eigenvalue weighted by Crippen LogP contribution is 2.33. The number of anilines is 6. The summed E-state index contributed by atoms with van der Waals surface area (Å²) < 4.78 is 85.6. The number of carbonyl (C=O) groups excluding carboxylic acids is 6. The van der Waals surface area contributed by atoms with Crippen molar-refractivity contribution >= 4 is 129 Å². The minimum Gasteiger partial charge on any atom is -0.480 e. The van der Waals surface area contributed by atoms with Crippen molar-refractivity contribution in [1.29, 1.82) is 0 Å². The maximum atomic E-state index is 12.8. The minimum atomic E-state index is -4.45. The van der Waals surface area contributed by atoms with Crippen molar-refractivity contribution in [3.63, 3.8) is 0 Å². The van der Waals surface area contributed by atoms with Crippen LogP contribution < -0.4 is 60.6 Å². The maximum Gasteiger partial charge on any atom is 0.416 e. The molecule has 18 N–H and O–H groups in total. The van der Waals surface area contributed by atoms with Gasteiger partial charge in [-0.3, -0.25) is 24.0 Å². The van der Waals surface area contributed by atoms with Crippen molar-refractivity contribution in [3.05, 3.63) is 128 Å². The average molecular weight is 1660 g/mol. The van der Waals surface area contributed by atoms with E-state index in [1.165, 1.54) is 36.9 Å². The van der Waals surface area contributed by atoms with Gasteiger partial charge in [-0.2, -0.15) is 26.3 Å². The van der Waals surface area contributed by atoms with Gasteiger partial charge in [-0.1, -0.05) is 58.5 Å². The maximum absolute atomic E-state index is 12.8. The molecule has 0 radical (unpaired) electrons. The predicted octanol–water partition coefficient (Wildman–Crippen LogP) is 8.56. The number of amides is 6. The van der Waals surface area contributed by atoms with Crippen LogP contribution >= 0.6 is 46.4 Å². The van der Waals surface area contributed by atoms with Crippen LogP contribution in [0, 0.1) is 0 Å². The number of nitrogens with one attached hydrogen (secondary N) is 6. The number of aromatic nitrogens is 8. The van der Waals surface area contributed by atoms with Gasteiger partial charge in [-0.05, 0) is 142 Å². The van der Waals surface area contributed by atoms with Gasteiger partial charge in [-0.15, -0.1) is 0 Å². The number of likely N-dealkylation sites (tertiary alicyclic amines) is 3. The lowest BCUT2D eigenvalue weighted by Crippen LogP contribution is -2.48. The topological polar surface area (TPSA) is 511 Å². The molecule has 4 aliphatic heterocycles. The number of hydrogen-bond acceptors (Lipinski definition) is 26. The van der Waals surface area contributed by atoms with E-state index in [0.717, 1.165) is 88.8 Å². The molecule has 6 amide bonds. The summed E-state index contributed by atoms with van der Waals surface area (Å²) in [4.78, 5) is 128. The van der Waals surface area contributed by atoms with Gasteiger partial charge in [0.2, 0.25) is 5.91 Å². The molecular formula is C68H88Cl4F6N22O12. The van der Waals surface area contributed by atoms with Crippen LogP contribution in [0.2, 0.25) is 20.1 Å². The summed E-state index contributed by atoms with van der Waals surface area (Å²) in [7, 11) is 0. The first-order valence-corrected chi connectivity index (χ1v) is 35.9. The lowest BCUT2D eigenvalue weighted by molar-refractivity contribution is -0.138. The van der Waals surface area contributed by atoms with Crippen LogP contribution in [0.15, 0.2) is 73.8 Å². The number of benzene rings is 2. The van der Waals surface area contributed by atoms with E-state index >= 15 is 0 Å². The molecule has 0 spiro atoms. The molecule has 2 aromatic carbocycles. The molecule has 44 heteroatoms. The molecule has 4 fully saturated rings. The molecule has 112 heavy (non-hydrogen) atoms. The van der Waals surface area contributed by atoms with Gasteiger partial charge in [0.15, 0.2) is 22.8 Å². The van der Waals surface area contributed by atoms with E-state index in [0.29, 0.717) is 51.9 Å². The number of carboxylic acid groups (broad SMARTS) is 2. The largest absolute Gasteiger partial charge is 0.480 e. The van der Waals surface area contributed by atoms with E-state index in [4.69, 9.17) is 94.8 Å². The third kappa shape index (κ3) is 31.4. The number of piperidine rings is 4. The number of rotatable bonds is 13. The molecule has 612 valence electrons. The molecule has 4 saturated heterocycles. The van der Waals surface area contributed by atoms with Crippen molar-refractivity contribution < 1.29 is 84.4 Å². The van der Waals surface area contributed by atoms with Crippen LogP contribution in [0.4, 0.5) is 70.6 Å². The van der Waals surface area contributed by atoms with E-state index in [1.54, 1.807) is 14.7 Å². The smallest absolute Gasteiger partial charge is 0.416 e. The Hall–Kier alpha value is -10.4. The first-order chi connectivity index (χ1) is 52.4. The first-order valence-electron chi connectivity index (χ1n) is 34.3. The summed E-state index contributed by atoms with van der Waals surface area (Å²) >= 11 is 23.2. The molecule has 10 rings (SSSR count). The first kappa shape index (κ1) is 92.2. The Morgan fingerprint density at radius 2 is 0.786 bits per heavy atom. The third-order valence-corrected chi connectivity index (χ3v) is 17.4. The Morgan fingerprint density at radius 3 is 1.11 bits per heavy atom. The van der Waals surface area contributed by atoms with Gasteiger partial charge in [0.05, 0.1) is 17.7 Å². The summed E-state index contributed by atoms with van der Waals surface area (Å²) in [6.45, 7) is 15.6. The third-order valence-electron chi connectivity index (χ3n) is 15.9. The van der Waals surface area contributed by atoms with Gasteiger partial charge in [0.1, 0.15) is 86.4 Å². The lowest BCUT2D eigenvalue weighted by atomic mass is 10.0. The summed E-state index contributed by atoms with van der Waals surface area (Å²) in [5.41, 5.74) is 25.3. The number of nitrogens with zero attached hydrogens (tertiary/aromatic N) is 11. The van der Waals surface area contributed by atoms with Crippen LogP contribution in [0.3, 0.4) is 0 Å². The highest BCUT2D eigenvalue weighted by Gasteiger charge is 2.34. The number of carbonyl (C=O) groups is 8. The molecule has 6 aromatic rings. The number of hydrogen-bond donors (Lipinski definition) is 13. The fraction of sp³-hybridized carbons (Fsp3) is 0.471. The van der Waals surface area contributed by atoms with Crippen LogP contribution in [0.5, 0.6) is 0 Å². The number of halogens is 10. The Bertz CT molecular complexity index is 4180. The van der Waals surface area contributed by atoms with Crippen LogP contribution in [0.1, 0.15) is 146 Å². The van der Waals surface area contributed by atoms with E-state index < -0.39 is 65.0 Å². The summed E-state index contributed by atoms with van der Waals surface area (Å²) in [6.07, 6.45) is 1.05. The Labute approximate surface area is 659 Å². The van der Waals surface area contributed by atoms with Crippen LogP contribution in [-0.4, -0.2) is 213 Å². The molecule has 4 aromatic heterocycles. The van der Waals surface area contributed by atoms with Crippen molar-refractivity contribution in [3.8, 4) is 0 Å². The quantitative estimate of drug-likeness (QED) is 0.0481. The zero-order chi connectivity index (χ0) is 83.4. The Kier molecular flexibility index (Phi) is 35.3. The van der Waals surface area contributed by atoms with E-state index in [1.807, 2.05) is 41.5 Å². The molecule has 0 bridgehead atoms. The van der Waals surface area contributed by atoms with Crippen LogP contribution in [0.25, 0.3) is 0 Å². The zero-order valence-corrected chi connectivity index (χ0v) is 64.6. The molecular weight excluding hydrogens is 1570 g/mol. The van der Waals surface area contributed by atoms with Crippen molar-refractivity contribution in [2.75, 3.05) is 99.0 Å². The van der Waals surface area contributed by atoms with Gasteiger partial charge >= 0.3 is 36.5 Å². The SMILES string of the molecule is CC(C)(C)OC(=O)N1CCC(N)CC1.CC(C)(C)OC(=O)N1CCC(NC(=O)c2ncnc(N)c2Cl)CC1.Nc1ncnc(C(=O)NC2CCN(C(=O)CNc3cccc(C(F)(F)F)c3)CC2)c1Cl.Nc1ncnc(C(=O)NC2CCNCC2)c1Cl.Nc1ncnc(C(=O)O)c1Cl.O=C(O)CNc1cccc(C(F)(F)F)c1. The molecule has 0 saturated carbocycles. The molecule has 0 unspecified atom stereocenters. The van der Waals surface area contributed by atoms with E-state index in [-0.39, 0.29) is 132 Å². The van der Waals surface area contributed by atoms with Crippen molar-refractivity contribution in [2.24, 2.45) is 5.73 Å². The van der Waals surface area contributed by atoms with Gasteiger partial charge < -0.3 is 95.0 Å². The molecule has 0 aliphatic carbocycles. The number of aromatic carboxylic acids is 1. The molecule has 34 nitrogen and oxygen atoms in total. The van der Waals surface area contributed by atoms with Crippen LogP contribution in [-0.2, 0) is 31.4 Å². The zero-order valence-electron chi connectivity index (χ0n) is 61.5. The van der Waals surface area contributed by atoms with E-state index in [9.17, 15) is 64.7 Å². The average Bonchev–Trinajstić information content (AvgIpc) is 0.853. The van der Waals surface area contributed by atoms with Gasteiger partial charge in [0, 0.05) is 74.8 Å².